The van der Waals surface area contributed by atoms with Gasteiger partial charge in [0.25, 0.3) is 0 Å². The van der Waals surface area contributed by atoms with Crippen molar-refractivity contribution in [3.8, 4) is 0 Å². The third kappa shape index (κ3) is 2.86. The number of nitrogens with one attached hydrogen (secondary N) is 1. The average Bonchev–Trinajstić information content (AvgIpc) is 3.07. The maximum Gasteiger partial charge on any atom is 0.105 e. The first-order valence-corrected chi connectivity index (χ1v) is 7.48. The van der Waals surface area contributed by atoms with Crippen LogP contribution in [0, 0.1) is 11.3 Å². The minimum Gasteiger partial charge on any atom is -0.389 e. The number of rotatable bonds is 5. The van der Waals surface area contributed by atoms with E-state index in [9.17, 15) is 0 Å². The fraction of sp³-hybridized carbons (Fsp3) is 0.500. The molecule has 0 heterocycles. The van der Waals surface area contributed by atoms with Gasteiger partial charge >= 0.3 is 0 Å². The fourth-order valence-corrected chi connectivity index (χ4v) is 3.12. The Labute approximate surface area is 122 Å². The largest absolute Gasteiger partial charge is 0.389 e. The molecule has 2 nitrogen and oxygen atoms in total. The van der Waals surface area contributed by atoms with Crippen molar-refractivity contribution in [1.29, 1.82) is 0 Å². The molecule has 1 aromatic rings. The summed E-state index contributed by atoms with van der Waals surface area (Å²) in [7, 11) is 0. The lowest BCUT2D eigenvalue weighted by Crippen LogP contribution is -2.21. The molecule has 0 unspecified atom stereocenters. The van der Waals surface area contributed by atoms with Gasteiger partial charge in [-0.2, -0.15) is 0 Å². The van der Waals surface area contributed by atoms with Crippen LogP contribution in [0.5, 0.6) is 0 Å². The lowest BCUT2D eigenvalue weighted by atomic mass is 9.92. The number of thiocarbonyl (C=S) groups is 1. The smallest absolute Gasteiger partial charge is 0.105 e. The molecule has 1 aliphatic carbocycles. The minimum absolute atomic E-state index is 0.425. The van der Waals surface area contributed by atoms with E-state index < -0.39 is 0 Å². The summed E-state index contributed by atoms with van der Waals surface area (Å²) >= 11 is 8.49. The van der Waals surface area contributed by atoms with Gasteiger partial charge in [-0.25, -0.2) is 0 Å². The number of hydrogen-bond acceptors (Lipinski definition) is 2. The van der Waals surface area contributed by atoms with E-state index in [-0.39, 0.29) is 0 Å². The number of anilines is 1. The maximum atomic E-state index is 5.64. The van der Waals surface area contributed by atoms with Gasteiger partial charge < -0.3 is 11.1 Å². The molecule has 0 bridgehead atoms. The van der Waals surface area contributed by atoms with Crippen molar-refractivity contribution in [1.82, 2.24) is 0 Å². The molecule has 2 rings (SSSR count). The van der Waals surface area contributed by atoms with E-state index in [1.54, 1.807) is 0 Å². The fourth-order valence-electron chi connectivity index (χ4n) is 2.22. The summed E-state index contributed by atoms with van der Waals surface area (Å²) in [5.41, 5.74) is 8.16. The van der Waals surface area contributed by atoms with E-state index in [0.717, 1.165) is 28.2 Å². The summed E-state index contributed by atoms with van der Waals surface area (Å²) in [6, 6.07) is 6.05. The molecule has 0 radical (unpaired) electrons. The zero-order valence-corrected chi connectivity index (χ0v) is 13.2. The Hall–Kier alpha value is -0.610. The molecule has 0 aromatic heterocycles. The highest BCUT2D eigenvalue weighted by Gasteiger charge is 2.44. The monoisotopic (exact) mass is 326 g/mol. The van der Waals surface area contributed by atoms with Crippen LogP contribution in [0.4, 0.5) is 5.69 Å². The SMILES string of the molecule is CC(C)C1(CNc2ccc(C(N)=S)c(Br)c2)CC1. The van der Waals surface area contributed by atoms with E-state index in [4.69, 9.17) is 18.0 Å². The second-order valence-corrected chi connectivity index (χ2v) is 6.72. The predicted octanol–water partition coefficient (Wildman–Crippen LogP) is 3.93. The van der Waals surface area contributed by atoms with Crippen molar-refractivity contribution in [3.05, 3.63) is 28.2 Å². The number of nitrogens with two attached hydrogens (primary N) is 1. The highest BCUT2D eigenvalue weighted by atomic mass is 79.9. The summed E-state index contributed by atoms with van der Waals surface area (Å²) < 4.78 is 0.953. The van der Waals surface area contributed by atoms with Gasteiger partial charge in [0, 0.05) is 22.3 Å². The second kappa shape index (κ2) is 5.17. The predicted molar refractivity (Wildman–Crippen MR) is 85.0 cm³/mol. The Bertz CT molecular complexity index is 467. The molecular formula is C14H19BrN2S. The van der Waals surface area contributed by atoms with Crippen LogP contribution < -0.4 is 11.1 Å². The van der Waals surface area contributed by atoms with Gasteiger partial charge in [-0.3, -0.25) is 0 Å². The van der Waals surface area contributed by atoms with Crippen LogP contribution in [-0.2, 0) is 0 Å². The third-order valence-electron chi connectivity index (χ3n) is 4.00. The summed E-state index contributed by atoms with van der Waals surface area (Å²) in [5.74, 6) is 0.740. The molecule has 0 amide bonds. The van der Waals surface area contributed by atoms with Crippen LogP contribution in [0.25, 0.3) is 0 Å². The first-order valence-electron chi connectivity index (χ1n) is 6.28. The zero-order chi connectivity index (χ0) is 13.3. The minimum atomic E-state index is 0.425. The molecule has 18 heavy (non-hydrogen) atoms. The molecule has 1 aliphatic rings. The normalized spacial score (nSPS) is 16.7. The number of hydrogen-bond donors (Lipinski definition) is 2. The summed E-state index contributed by atoms with van der Waals surface area (Å²) in [4.78, 5) is 0.425. The molecule has 1 fully saturated rings. The standard InChI is InChI=1S/C14H19BrN2S/c1-9(2)14(5-6-14)8-17-10-3-4-11(13(16)18)12(15)7-10/h3-4,7,9,17H,5-6,8H2,1-2H3,(H2,16,18). The van der Waals surface area contributed by atoms with Gasteiger partial charge in [0.15, 0.2) is 0 Å². The Kier molecular flexibility index (Phi) is 3.97. The molecule has 0 atom stereocenters. The van der Waals surface area contributed by atoms with Crippen molar-refractivity contribution in [2.75, 3.05) is 11.9 Å². The van der Waals surface area contributed by atoms with Crippen LogP contribution in [0.3, 0.4) is 0 Å². The number of benzene rings is 1. The second-order valence-electron chi connectivity index (χ2n) is 5.43. The summed E-state index contributed by atoms with van der Waals surface area (Å²) in [6.07, 6.45) is 2.67. The molecule has 98 valence electrons. The van der Waals surface area contributed by atoms with Crippen molar-refractivity contribution >= 4 is 38.8 Å². The van der Waals surface area contributed by atoms with Crippen LogP contribution in [0.1, 0.15) is 32.3 Å². The Morgan fingerprint density at radius 2 is 2.17 bits per heavy atom. The van der Waals surface area contributed by atoms with Gasteiger partial charge in [0.2, 0.25) is 0 Å². The van der Waals surface area contributed by atoms with Crippen LogP contribution >= 0.6 is 28.1 Å². The average molecular weight is 327 g/mol. The van der Waals surface area contributed by atoms with Crippen LogP contribution in [0.2, 0.25) is 0 Å². The van der Waals surface area contributed by atoms with E-state index in [1.165, 1.54) is 12.8 Å². The highest BCUT2D eigenvalue weighted by Crippen LogP contribution is 2.51. The topological polar surface area (TPSA) is 38.0 Å². The molecular weight excluding hydrogens is 308 g/mol. The lowest BCUT2D eigenvalue weighted by molar-refractivity contribution is 0.380. The third-order valence-corrected chi connectivity index (χ3v) is 4.87. The van der Waals surface area contributed by atoms with E-state index in [1.807, 2.05) is 18.2 Å². The van der Waals surface area contributed by atoms with E-state index in [0.29, 0.717) is 10.4 Å². The maximum absolute atomic E-state index is 5.64. The number of halogens is 1. The molecule has 0 saturated heterocycles. The molecule has 1 aromatic carbocycles. The van der Waals surface area contributed by atoms with Gasteiger partial charge in [-0.1, -0.05) is 26.1 Å². The van der Waals surface area contributed by atoms with Crippen molar-refractivity contribution in [2.45, 2.75) is 26.7 Å². The Balaban J connectivity index is 2.03. The molecule has 1 saturated carbocycles. The van der Waals surface area contributed by atoms with Gasteiger partial charge in [0.1, 0.15) is 4.99 Å². The molecule has 3 N–H and O–H groups in total. The highest BCUT2D eigenvalue weighted by molar-refractivity contribution is 9.10. The van der Waals surface area contributed by atoms with E-state index >= 15 is 0 Å². The van der Waals surface area contributed by atoms with Gasteiger partial charge in [0.05, 0.1) is 0 Å². The van der Waals surface area contributed by atoms with Crippen LogP contribution in [0.15, 0.2) is 22.7 Å². The van der Waals surface area contributed by atoms with Crippen molar-refractivity contribution in [3.63, 3.8) is 0 Å². The van der Waals surface area contributed by atoms with Crippen molar-refractivity contribution < 1.29 is 0 Å². The van der Waals surface area contributed by atoms with Gasteiger partial charge in [-0.05, 0) is 58.3 Å². The quantitative estimate of drug-likeness (QED) is 0.805. The van der Waals surface area contributed by atoms with Gasteiger partial charge in [-0.15, -0.1) is 0 Å². The zero-order valence-electron chi connectivity index (χ0n) is 10.8. The molecule has 4 heteroatoms. The first kappa shape index (κ1) is 13.8. The summed E-state index contributed by atoms with van der Waals surface area (Å²) in [5, 5.41) is 3.52. The first-order chi connectivity index (χ1) is 8.44. The van der Waals surface area contributed by atoms with Crippen molar-refractivity contribution in [2.24, 2.45) is 17.1 Å². The lowest BCUT2D eigenvalue weighted by Gasteiger charge is -2.21. The summed E-state index contributed by atoms with van der Waals surface area (Å²) in [6.45, 7) is 5.66. The van der Waals surface area contributed by atoms with E-state index in [2.05, 4.69) is 35.1 Å². The van der Waals surface area contributed by atoms with Crippen LogP contribution in [-0.4, -0.2) is 11.5 Å². The molecule has 0 aliphatic heterocycles. The Morgan fingerprint density at radius 3 is 2.61 bits per heavy atom. The molecule has 0 spiro atoms. The Morgan fingerprint density at radius 1 is 1.50 bits per heavy atom.